The molecule has 0 fully saturated rings. The van der Waals surface area contributed by atoms with Crippen LogP contribution >= 0.6 is 11.8 Å². The van der Waals surface area contributed by atoms with Gasteiger partial charge in [0.05, 0.1) is 23.3 Å². The van der Waals surface area contributed by atoms with Gasteiger partial charge in [-0.25, -0.2) is 13.6 Å². The van der Waals surface area contributed by atoms with Gasteiger partial charge in [0.2, 0.25) is 15.9 Å². The topological polar surface area (TPSA) is 129 Å². The second-order valence-electron chi connectivity index (χ2n) is 7.08. The summed E-state index contributed by atoms with van der Waals surface area (Å²) in [5, 5.41) is 17.1. The van der Waals surface area contributed by atoms with E-state index in [1.54, 1.807) is 7.11 Å². The van der Waals surface area contributed by atoms with Crippen LogP contribution in [0.5, 0.6) is 5.75 Å². The van der Waals surface area contributed by atoms with E-state index in [0.717, 1.165) is 11.3 Å². The standard InChI is InChI=1S/C23H21N5O4S2/c1-32-20-10-6-5-9-19(20)22-26-27-23(28(22)17-7-3-2-4-8-17)33-15-21(29)25-16-11-13-18(14-12-16)34(24,30)31/h2-14H,15H2,1H3,(H,25,29)(H2,24,30,31). The fourth-order valence-electron chi connectivity index (χ4n) is 3.23. The van der Waals surface area contributed by atoms with E-state index in [0.29, 0.717) is 22.4 Å². The normalized spacial score (nSPS) is 11.2. The molecular formula is C23H21N5O4S2. The van der Waals surface area contributed by atoms with Crippen molar-refractivity contribution < 1.29 is 17.9 Å². The molecule has 174 valence electrons. The first-order valence-corrected chi connectivity index (χ1v) is 12.6. The van der Waals surface area contributed by atoms with Crippen LogP contribution in [-0.4, -0.2) is 42.0 Å². The zero-order valence-electron chi connectivity index (χ0n) is 18.1. The van der Waals surface area contributed by atoms with Gasteiger partial charge in [-0.15, -0.1) is 10.2 Å². The Kier molecular flexibility index (Phi) is 6.96. The third-order valence-corrected chi connectivity index (χ3v) is 6.65. The van der Waals surface area contributed by atoms with Gasteiger partial charge in [0.1, 0.15) is 5.75 Å². The van der Waals surface area contributed by atoms with E-state index in [1.807, 2.05) is 59.2 Å². The Hall–Kier alpha value is -3.67. The van der Waals surface area contributed by atoms with Gasteiger partial charge < -0.3 is 10.1 Å². The van der Waals surface area contributed by atoms with Crippen LogP contribution in [0.2, 0.25) is 0 Å². The maximum atomic E-state index is 12.5. The van der Waals surface area contributed by atoms with E-state index in [-0.39, 0.29) is 16.6 Å². The Morgan fingerprint density at radius 1 is 1.00 bits per heavy atom. The molecule has 0 bridgehead atoms. The molecule has 4 rings (SSSR count). The number of hydrogen-bond donors (Lipinski definition) is 2. The highest BCUT2D eigenvalue weighted by atomic mass is 32.2. The highest BCUT2D eigenvalue weighted by Gasteiger charge is 2.19. The lowest BCUT2D eigenvalue weighted by Gasteiger charge is -2.12. The van der Waals surface area contributed by atoms with E-state index >= 15 is 0 Å². The van der Waals surface area contributed by atoms with Crippen LogP contribution in [0.3, 0.4) is 0 Å². The van der Waals surface area contributed by atoms with Gasteiger partial charge in [-0.2, -0.15) is 0 Å². The van der Waals surface area contributed by atoms with Crippen LogP contribution in [0.15, 0.2) is 88.9 Å². The summed E-state index contributed by atoms with van der Waals surface area (Å²) in [5.74, 6) is 1.03. The Bertz CT molecular complexity index is 1410. The molecule has 0 saturated carbocycles. The van der Waals surface area contributed by atoms with Crippen molar-refractivity contribution >= 4 is 33.4 Å². The number of methoxy groups -OCH3 is 1. The summed E-state index contributed by atoms with van der Waals surface area (Å²) in [6.07, 6.45) is 0. The molecule has 3 N–H and O–H groups in total. The number of ether oxygens (including phenoxy) is 1. The Balaban J connectivity index is 1.56. The van der Waals surface area contributed by atoms with Crippen molar-refractivity contribution in [3.8, 4) is 22.8 Å². The van der Waals surface area contributed by atoms with E-state index < -0.39 is 10.0 Å². The Morgan fingerprint density at radius 3 is 2.35 bits per heavy atom. The fourth-order valence-corrected chi connectivity index (χ4v) is 4.50. The van der Waals surface area contributed by atoms with Crippen molar-refractivity contribution in [2.75, 3.05) is 18.2 Å². The number of carbonyl (C=O) groups excluding carboxylic acids is 1. The molecule has 0 spiro atoms. The molecule has 34 heavy (non-hydrogen) atoms. The lowest BCUT2D eigenvalue weighted by atomic mass is 10.2. The van der Waals surface area contributed by atoms with E-state index in [1.165, 1.54) is 36.0 Å². The number of thioether (sulfide) groups is 1. The number of rotatable bonds is 8. The molecule has 1 amide bonds. The van der Waals surface area contributed by atoms with E-state index in [4.69, 9.17) is 9.88 Å². The van der Waals surface area contributed by atoms with Crippen molar-refractivity contribution in [2.24, 2.45) is 5.14 Å². The maximum Gasteiger partial charge on any atom is 0.238 e. The van der Waals surface area contributed by atoms with Crippen LogP contribution in [0, 0.1) is 0 Å². The lowest BCUT2D eigenvalue weighted by molar-refractivity contribution is -0.113. The summed E-state index contributed by atoms with van der Waals surface area (Å²) >= 11 is 1.23. The predicted octanol–water partition coefficient (Wildman–Crippen LogP) is 3.32. The van der Waals surface area contributed by atoms with Crippen LogP contribution in [0.4, 0.5) is 5.69 Å². The number of hydrogen-bond acceptors (Lipinski definition) is 7. The smallest absolute Gasteiger partial charge is 0.238 e. The number of anilines is 1. The molecule has 0 unspecified atom stereocenters. The third-order valence-electron chi connectivity index (χ3n) is 4.79. The van der Waals surface area contributed by atoms with Gasteiger partial charge in [-0.05, 0) is 48.5 Å². The average molecular weight is 496 g/mol. The molecule has 0 radical (unpaired) electrons. The van der Waals surface area contributed by atoms with E-state index in [2.05, 4.69) is 15.5 Å². The monoisotopic (exact) mass is 495 g/mol. The van der Waals surface area contributed by atoms with Crippen LogP contribution < -0.4 is 15.2 Å². The first-order chi connectivity index (χ1) is 16.4. The SMILES string of the molecule is COc1ccccc1-c1nnc(SCC(=O)Nc2ccc(S(N)(=O)=O)cc2)n1-c1ccccc1. The summed E-state index contributed by atoms with van der Waals surface area (Å²) in [7, 11) is -2.20. The van der Waals surface area contributed by atoms with Crippen molar-refractivity contribution in [1.29, 1.82) is 0 Å². The minimum absolute atomic E-state index is 0.0280. The zero-order valence-corrected chi connectivity index (χ0v) is 19.7. The van der Waals surface area contributed by atoms with Crippen LogP contribution in [0.25, 0.3) is 17.1 Å². The van der Waals surface area contributed by atoms with E-state index in [9.17, 15) is 13.2 Å². The molecule has 3 aromatic carbocycles. The quantitative estimate of drug-likeness (QED) is 0.359. The molecule has 0 atom stereocenters. The molecule has 4 aromatic rings. The summed E-state index contributed by atoms with van der Waals surface area (Å²) in [6.45, 7) is 0. The molecule has 9 nitrogen and oxygen atoms in total. The molecule has 0 saturated heterocycles. The Labute approximate surface area is 201 Å². The molecule has 11 heteroatoms. The van der Waals surface area contributed by atoms with Gasteiger partial charge in [-0.3, -0.25) is 9.36 Å². The molecular weight excluding hydrogens is 474 g/mol. The van der Waals surface area contributed by atoms with Crippen molar-refractivity contribution in [1.82, 2.24) is 14.8 Å². The largest absolute Gasteiger partial charge is 0.496 e. The van der Waals surface area contributed by atoms with Crippen molar-refractivity contribution in [2.45, 2.75) is 10.1 Å². The average Bonchev–Trinajstić information content (AvgIpc) is 3.27. The first-order valence-electron chi connectivity index (χ1n) is 10.1. The molecule has 1 heterocycles. The third kappa shape index (κ3) is 5.28. The van der Waals surface area contributed by atoms with Gasteiger partial charge in [-0.1, -0.05) is 42.1 Å². The minimum Gasteiger partial charge on any atom is -0.496 e. The molecule has 0 aliphatic carbocycles. The van der Waals surface area contributed by atoms with Gasteiger partial charge >= 0.3 is 0 Å². The number of aromatic nitrogens is 3. The van der Waals surface area contributed by atoms with Gasteiger partial charge in [0.15, 0.2) is 11.0 Å². The van der Waals surface area contributed by atoms with Gasteiger partial charge in [0.25, 0.3) is 0 Å². The highest BCUT2D eigenvalue weighted by molar-refractivity contribution is 7.99. The second-order valence-corrected chi connectivity index (χ2v) is 9.59. The first kappa shape index (κ1) is 23.5. The number of nitrogens with one attached hydrogen (secondary N) is 1. The number of sulfonamides is 1. The maximum absolute atomic E-state index is 12.5. The predicted molar refractivity (Wildman–Crippen MR) is 131 cm³/mol. The van der Waals surface area contributed by atoms with Crippen LogP contribution in [0.1, 0.15) is 0 Å². The number of nitrogens with two attached hydrogens (primary N) is 1. The number of amides is 1. The molecule has 0 aliphatic heterocycles. The number of primary sulfonamides is 1. The van der Waals surface area contributed by atoms with Crippen molar-refractivity contribution in [3.63, 3.8) is 0 Å². The second kappa shape index (κ2) is 10.1. The fraction of sp³-hybridized carbons (Fsp3) is 0.0870. The number of benzene rings is 3. The summed E-state index contributed by atoms with van der Waals surface area (Å²) < 4.78 is 30.1. The zero-order chi connectivity index (χ0) is 24.1. The molecule has 1 aromatic heterocycles. The number of carbonyl (C=O) groups is 1. The summed E-state index contributed by atoms with van der Waals surface area (Å²) in [4.78, 5) is 12.5. The minimum atomic E-state index is -3.79. The van der Waals surface area contributed by atoms with Gasteiger partial charge in [0, 0.05) is 11.4 Å². The Morgan fingerprint density at radius 2 is 1.68 bits per heavy atom. The lowest BCUT2D eigenvalue weighted by Crippen LogP contribution is -2.15. The molecule has 0 aliphatic rings. The number of para-hydroxylation sites is 2. The van der Waals surface area contributed by atoms with Crippen molar-refractivity contribution in [3.05, 3.63) is 78.9 Å². The number of nitrogens with zero attached hydrogens (tertiary/aromatic N) is 3. The van der Waals surface area contributed by atoms with Crippen LogP contribution in [-0.2, 0) is 14.8 Å². The highest BCUT2D eigenvalue weighted by Crippen LogP contribution is 2.33. The summed E-state index contributed by atoms with van der Waals surface area (Å²) in [6, 6.07) is 22.7. The summed E-state index contributed by atoms with van der Waals surface area (Å²) in [5.41, 5.74) is 2.07.